The standard InChI is InChI=1S/C14H18/c1-6-7-13-9-14(10(2)3)12(5)8-11(13)4/h6-9H,2H2,1,3-5H3/b7-6+. The summed E-state index contributed by atoms with van der Waals surface area (Å²) in [7, 11) is 0. The molecule has 0 spiro atoms. The Morgan fingerprint density at radius 1 is 1.21 bits per heavy atom. The second kappa shape index (κ2) is 4.28. The van der Waals surface area contributed by atoms with Gasteiger partial charge >= 0.3 is 0 Å². The highest BCUT2D eigenvalue weighted by Crippen LogP contribution is 2.22. The number of allylic oxidation sites excluding steroid dienone is 2. The zero-order chi connectivity index (χ0) is 10.7. The molecule has 0 fully saturated rings. The molecule has 0 saturated heterocycles. The van der Waals surface area contributed by atoms with Gasteiger partial charge < -0.3 is 0 Å². The monoisotopic (exact) mass is 186 g/mol. The molecule has 0 nitrogen and oxygen atoms in total. The molecule has 0 heterocycles. The van der Waals surface area contributed by atoms with Crippen molar-refractivity contribution in [3.63, 3.8) is 0 Å². The van der Waals surface area contributed by atoms with Crippen molar-refractivity contribution in [3.8, 4) is 0 Å². The molecule has 0 saturated carbocycles. The van der Waals surface area contributed by atoms with Crippen LogP contribution >= 0.6 is 0 Å². The van der Waals surface area contributed by atoms with E-state index < -0.39 is 0 Å². The van der Waals surface area contributed by atoms with E-state index in [0.29, 0.717) is 0 Å². The summed E-state index contributed by atoms with van der Waals surface area (Å²) in [5.74, 6) is 0. The molecule has 0 aliphatic rings. The lowest BCUT2D eigenvalue weighted by molar-refractivity contribution is 1.33. The Labute approximate surface area is 87.0 Å². The predicted octanol–water partition coefficient (Wildman–Crippen LogP) is 4.37. The minimum absolute atomic E-state index is 1.13. The topological polar surface area (TPSA) is 0 Å². The highest BCUT2D eigenvalue weighted by molar-refractivity contribution is 5.69. The van der Waals surface area contributed by atoms with Gasteiger partial charge in [0.2, 0.25) is 0 Å². The van der Waals surface area contributed by atoms with Crippen LogP contribution < -0.4 is 0 Å². The largest absolute Gasteiger partial charge is 0.0955 e. The first-order chi connectivity index (χ1) is 6.56. The summed E-state index contributed by atoms with van der Waals surface area (Å²) in [5, 5.41) is 0. The van der Waals surface area contributed by atoms with Gasteiger partial charge in [-0.2, -0.15) is 0 Å². The van der Waals surface area contributed by atoms with Crippen LogP contribution in [0, 0.1) is 13.8 Å². The second-order valence-electron chi connectivity index (χ2n) is 3.80. The Hall–Kier alpha value is -1.30. The maximum Gasteiger partial charge on any atom is -0.0198 e. The normalized spacial score (nSPS) is 10.9. The van der Waals surface area contributed by atoms with E-state index in [4.69, 9.17) is 0 Å². The minimum atomic E-state index is 1.13. The van der Waals surface area contributed by atoms with Gasteiger partial charge in [-0.05, 0) is 56.0 Å². The second-order valence-corrected chi connectivity index (χ2v) is 3.80. The average Bonchev–Trinajstić information content (AvgIpc) is 2.09. The van der Waals surface area contributed by atoms with Gasteiger partial charge in [0.1, 0.15) is 0 Å². The SMILES string of the molecule is C=C(C)c1cc(/C=C/C)c(C)cc1C. The van der Waals surface area contributed by atoms with Gasteiger partial charge in [0.25, 0.3) is 0 Å². The van der Waals surface area contributed by atoms with Gasteiger partial charge in [-0.1, -0.05) is 30.4 Å². The third-order valence-electron chi connectivity index (χ3n) is 2.42. The summed E-state index contributed by atoms with van der Waals surface area (Å²) in [6.45, 7) is 12.4. The van der Waals surface area contributed by atoms with Crippen LogP contribution in [0.5, 0.6) is 0 Å². The van der Waals surface area contributed by atoms with Gasteiger partial charge in [0, 0.05) is 0 Å². The number of aryl methyl sites for hydroxylation is 2. The molecule has 1 aromatic carbocycles. The molecule has 74 valence electrons. The minimum Gasteiger partial charge on any atom is -0.0955 e. The van der Waals surface area contributed by atoms with E-state index in [9.17, 15) is 0 Å². The number of hydrogen-bond acceptors (Lipinski definition) is 0. The highest BCUT2D eigenvalue weighted by atomic mass is 14.1. The maximum atomic E-state index is 3.99. The molecule has 0 amide bonds. The molecule has 0 aliphatic carbocycles. The van der Waals surface area contributed by atoms with E-state index in [1.165, 1.54) is 22.3 Å². The molecule has 0 N–H and O–H groups in total. The molecule has 0 bridgehead atoms. The summed E-state index contributed by atoms with van der Waals surface area (Å²) in [4.78, 5) is 0. The van der Waals surface area contributed by atoms with Crippen molar-refractivity contribution < 1.29 is 0 Å². The quantitative estimate of drug-likeness (QED) is 0.643. The third kappa shape index (κ3) is 2.14. The van der Waals surface area contributed by atoms with Crippen LogP contribution in [0.2, 0.25) is 0 Å². The first-order valence-electron chi connectivity index (χ1n) is 4.96. The fraction of sp³-hybridized carbons (Fsp3) is 0.286. The molecule has 0 atom stereocenters. The van der Waals surface area contributed by atoms with Crippen molar-refractivity contribution in [1.82, 2.24) is 0 Å². The van der Waals surface area contributed by atoms with E-state index in [1.54, 1.807) is 0 Å². The first-order valence-corrected chi connectivity index (χ1v) is 4.96. The molecule has 1 aromatic rings. The average molecular weight is 186 g/mol. The zero-order valence-electron chi connectivity index (χ0n) is 9.52. The van der Waals surface area contributed by atoms with Gasteiger partial charge in [-0.25, -0.2) is 0 Å². The van der Waals surface area contributed by atoms with Crippen LogP contribution in [0.4, 0.5) is 0 Å². The number of hydrogen-bond donors (Lipinski definition) is 0. The molecular formula is C14H18. The molecule has 0 aromatic heterocycles. The summed E-state index contributed by atoms with van der Waals surface area (Å²) in [6.07, 6.45) is 4.21. The van der Waals surface area contributed by atoms with E-state index in [0.717, 1.165) is 5.57 Å². The number of benzene rings is 1. The van der Waals surface area contributed by atoms with Crippen LogP contribution in [0.3, 0.4) is 0 Å². The molecular weight excluding hydrogens is 168 g/mol. The van der Waals surface area contributed by atoms with E-state index in [1.807, 2.05) is 6.92 Å². The summed E-state index contributed by atoms with van der Waals surface area (Å²) >= 11 is 0. The smallest absolute Gasteiger partial charge is 0.0198 e. The third-order valence-corrected chi connectivity index (χ3v) is 2.42. The van der Waals surface area contributed by atoms with Crippen molar-refractivity contribution in [2.45, 2.75) is 27.7 Å². The highest BCUT2D eigenvalue weighted by Gasteiger charge is 2.02. The maximum absolute atomic E-state index is 3.99. The van der Waals surface area contributed by atoms with Crippen molar-refractivity contribution in [2.75, 3.05) is 0 Å². The first kappa shape index (κ1) is 10.8. The van der Waals surface area contributed by atoms with Gasteiger partial charge in [-0.15, -0.1) is 0 Å². The Morgan fingerprint density at radius 3 is 2.36 bits per heavy atom. The lowest BCUT2D eigenvalue weighted by Gasteiger charge is -2.09. The molecule has 0 unspecified atom stereocenters. The lowest BCUT2D eigenvalue weighted by atomic mass is 9.96. The lowest BCUT2D eigenvalue weighted by Crippen LogP contribution is -1.90. The van der Waals surface area contributed by atoms with Crippen LogP contribution in [0.25, 0.3) is 11.6 Å². The molecule has 0 aliphatic heterocycles. The Balaban J connectivity index is 3.34. The summed E-state index contributed by atoms with van der Waals surface area (Å²) < 4.78 is 0. The Kier molecular flexibility index (Phi) is 3.29. The van der Waals surface area contributed by atoms with Gasteiger partial charge in [0.15, 0.2) is 0 Å². The molecule has 1 rings (SSSR count). The van der Waals surface area contributed by atoms with E-state index >= 15 is 0 Å². The van der Waals surface area contributed by atoms with Crippen molar-refractivity contribution in [3.05, 3.63) is 47.0 Å². The van der Waals surface area contributed by atoms with Crippen LogP contribution in [-0.4, -0.2) is 0 Å². The summed E-state index contributed by atoms with van der Waals surface area (Å²) in [6, 6.07) is 4.44. The van der Waals surface area contributed by atoms with E-state index in [-0.39, 0.29) is 0 Å². The van der Waals surface area contributed by atoms with E-state index in [2.05, 4.69) is 51.6 Å². The fourth-order valence-corrected chi connectivity index (χ4v) is 1.69. The van der Waals surface area contributed by atoms with Crippen molar-refractivity contribution >= 4 is 11.6 Å². The fourth-order valence-electron chi connectivity index (χ4n) is 1.69. The van der Waals surface area contributed by atoms with Crippen LogP contribution in [0.1, 0.15) is 36.1 Å². The van der Waals surface area contributed by atoms with Crippen molar-refractivity contribution in [1.29, 1.82) is 0 Å². The molecule has 14 heavy (non-hydrogen) atoms. The van der Waals surface area contributed by atoms with Crippen LogP contribution in [-0.2, 0) is 0 Å². The van der Waals surface area contributed by atoms with Crippen molar-refractivity contribution in [2.24, 2.45) is 0 Å². The Morgan fingerprint density at radius 2 is 1.86 bits per heavy atom. The van der Waals surface area contributed by atoms with Gasteiger partial charge in [-0.3, -0.25) is 0 Å². The number of rotatable bonds is 2. The summed E-state index contributed by atoms with van der Waals surface area (Å²) in [5.41, 5.74) is 6.32. The zero-order valence-corrected chi connectivity index (χ0v) is 9.52. The molecule has 0 heteroatoms. The van der Waals surface area contributed by atoms with Gasteiger partial charge in [0.05, 0.1) is 0 Å². The Bertz CT molecular complexity index is 381. The molecule has 0 radical (unpaired) electrons. The van der Waals surface area contributed by atoms with Crippen LogP contribution in [0.15, 0.2) is 24.8 Å². The predicted molar refractivity (Wildman–Crippen MR) is 65.3 cm³/mol.